The normalized spacial score (nSPS) is 17.6. The smallest absolute Gasteiger partial charge is 0.148 e. The third-order valence-electron chi connectivity index (χ3n) is 3.61. The molecule has 0 saturated carbocycles. The maximum atomic E-state index is 14.2. The fourth-order valence-electron chi connectivity index (χ4n) is 2.48. The summed E-state index contributed by atoms with van der Waals surface area (Å²) < 4.78 is 14.2. The second-order valence-electron chi connectivity index (χ2n) is 5.26. The van der Waals surface area contributed by atoms with E-state index in [1.807, 2.05) is 12.1 Å². The summed E-state index contributed by atoms with van der Waals surface area (Å²) in [6, 6.07) is 5.15. The zero-order chi connectivity index (χ0) is 14.4. The van der Waals surface area contributed by atoms with Gasteiger partial charge in [0.05, 0.1) is 17.7 Å². The zero-order valence-electron chi connectivity index (χ0n) is 11.6. The van der Waals surface area contributed by atoms with Crippen molar-refractivity contribution in [3.63, 3.8) is 0 Å². The van der Waals surface area contributed by atoms with Crippen LogP contribution in [0, 0.1) is 5.82 Å². The molecule has 0 unspecified atom stereocenters. The molecule has 0 radical (unpaired) electrons. The van der Waals surface area contributed by atoms with E-state index in [4.69, 9.17) is 11.6 Å². The van der Waals surface area contributed by atoms with Gasteiger partial charge < -0.3 is 15.3 Å². The number of hydrogen-bond acceptors (Lipinski definition) is 3. The lowest BCUT2D eigenvalue weighted by molar-refractivity contribution is 0.211. The molecule has 2 rings (SSSR count). The number of nitrogens with one attached hydrogen (secondary N) is 1. The molecule has 1 atom stereocenters. The van der Waals surface area contributed by atoms with Crippen molar-refractivity contribution in [3.8, 4) is 0 Å². The molecule has 1 heterocycles. The molecule has 0 spiro atoms. The van der Waals surface area contributed by atoms with Gasteiger partial charge in [-0.05, 0) is 31.0 Å². The van der Waals surface area contributed by atoms with Gasteiger partial charge in [0, 0.05) is 25.3 Å². The lowest BCUT2D eigenvalue weighted by Gasteiger charge is -2.23. The predicted octanol–water partition coefficient (Wildman–Crippen LogP) is 3.22. The number of alkyl halides is 1. The van der Waals surface area contributed by atoms with Crippen molar-refractivity contribution in [2.24, 2.45) is 0 Å². The van der Waals surface area contributed by atoms with Crippen molar-refractivity contribution in [2.45, 2.75) is 31.8 Å². The Morgan fingerprint density at radius 1 is 1.25 bits per heavy atom. The average Bonchev–Trinajstić information content (AvgIpc) is 2.73. The van der Waals surface area contributed by atoms with Gasteiger partial charge in [0.1, 0.15) is 5.82 Å². The molecule has 2 N–H and O–H groups in total. The van der Waals surface area contributed by atoms with Crippen LogP contribution in [0.1, 0.15) is 25.7 Å². The number of halogens is 2. The van der Waals surface area contributed by atoms with Gasteiger partial charge in [0.25, 0.3) is 0 Å². The number of rotatable bonds is 5. The molecule has 1 fully saturated rings. The van der Waals surface area contributed by atoms with E-state index >= 15 is 0 Å². The van der Waals surface area contributed by atoms with Crippen molar-refractivity contribution in [1.29, 1.82) is 0 Å². The van der Waals surface area contributed by atoms with E-state index in [0.29, 0.717) is 17.9 Å². The van der Waals surface area contributed by atoms with Gasteiger partial charge in [0.15, 0.2) is 0 Å². The highest BCUT2D eigenvalue weighted by Crippen LogP contribution is 2.25. The van der Waals surface area contributed by atoms with Crippen LogP contribution in [0.2, 0.25) is 0 Å². The molecule has 1 aliphatic heterocycles. The van der Waals surface area contributed by atoms with E-state index in [1.165, 1.54) is 18.9 Å². The first kappa shape index (κ1) is 15.4. The molecule has 0 aromatic heterocycles. The summed E-state index contributed by atoms with van der Waals surface area (Å²) in [5.74, 6) is -0.0429. The molecular weight excluding hydrogens is 279 g/mol. The number of aliphatic hydroxyl groups excluding tert-OH is 1. The van der Waals surface area contributed by atoms with Crippen LogP contribution in [0.15, 0.2) is 18.2 Å². The van der Waals surface area contributed by atoms with E-state index in [2.05, 4.69) is 10.2 Å². The summed E-state index contributed by atoms with van der Waals surface area (Å²) in [5.41, 5.74) is 1.35. The van der Waals surface area contributed by atoms with E-state index in [-0.39, 0.29) is 11.7 Å². The van der Waals surface area contributed by atoms with Crippen molar-refractivity contribution in [3.05, 3.63) is 24.0 Å². The quantitative estimate of drug-likeness (QED) is 0.820. The molecule has 1 aromatic carbocycles. The van der Waals surface area contributed by atoms with Gasteiger partial charge in [0.2, 0.25) is 0 Å². The van der Waals surface area contributed by atoms with E-state index in [1.54, 1.807) is 0 Å². The van der Waals surface area contributed by atoms with Gasteiger partial charge >= 0.3 is 0 Å². The summed E-state index contributed by atoms with van der Waals surface area (Å²) in [5, 5.41) is 12.4. The van der Waals surface area contributed by atoms with Crippen LogP contribution in [0.4, 0.5) is 15.8 Å². The second-order valence-corrected chi connectivity index (χ2v) is 5.57. The largest absolute Gasteiger partial charge is 0.390 e. The van der Waals surface area contributed by atoms with Crippen molar-refractivity contribution >= 4 is 23.0 Å². The second kappa shape index (κ2) is 7.70. The molecule has 1 saturated heterocycles. The Bertz CT molecular complexity index is 422. The molecule has 0 aliphatic carbocycles. The first-order valence-corrected chi connectivity index (χ1v) is 7.76. The fourth-order valence-corrected chi connectivity index (χ4v) is 2.58. The molecule has 0 amide bonds. The molecule has 5 heteroatoms. The SMILES string of the molecule is O[C@@H](CCl)CNc1ccc(N2CCCCCC2)c(F)c1. The monoisotopic (exact) mass is 300 g/mol. The van der Waals surface area contributed by atoms with E-state index < -0.39 is 6.10 Å². The lowest BCUT2D eigenvalue weighted by Crippen LogP contribution is -2.25. The molecule has 0 bridgehead atoms. The Hall–Kier alpha value is -1.00. The van der Waals surface area contributed by atoms with Crippen molar-refractivity contribution in [1.82, 2.24) is 0 Å². The van der Waals surface area contributed by atoms with Crippen LogP contribution in [0.25, 0.3) is 0 Å². The minimum atomic E-state index is -0.620. The Morgan fingerprint density at radius 2 is 1.95 bits per heavy atom. The predicted molar refractivity (Wildman–Crippen MR) is 82.3 cm³/mol. The number of anilines is 2. The first-order valence-electron chi connectivity index (χ1n) is 7.23. The van der Waals surface area contributed by atoms with Crippen molar-refractivity contribution < 1.29 is 9.50 Å². The van der Waals surface area contributed by atoms with E-state index in [0.717, 1.165) is 25.9 Å². The fraction of sp³-hybridized carbons (Fsp3) is 0.600. The van der Waals surface area contributed by atoms with Crippen LogP contribution < -0.4 is 10.2 Å². The maximum absolute atomic E-state index is 14.2. The summed E-state index contributed by atoms with van der Waals surface area (Å²) in [4.78, 5) is 2.12. The summed E-state index contributed by atoms with van der Waals surface area (Å²) in [6.45, 7) is 2.18. The molecular formula is C15H22ClFN2O. The molecule has 1 aromatic rings. The lowest BCUT2D eigenvalue weighted by atomic mass is 10.2. The topological polar surface area (TPSA) is 35.5 Å². The molecule has 1 aliphatic rings. The summed E-state index contributed by atoms with van der Waals surface area (Å²) in [7, 11) is 0. The van der Waals surface area contributed by atoms with Gasteiger partial charge in [-0.1, -0.05) is 12.8 Å². The minimum Gasteiger partial charge on any atom is -0.390 e. The van der Waals surface area contributed by atoms with Crippen LogP contribution in [-0.2, 0) is 0 Å². The highest BCUT2D eigenvalue weighted by atomic mass is 35.5. The van der Waals surface area contributed by atoms with Crippen LogP contribution in [-0.4, -0.2) is 36.7 Å². The number of benzene rings is 1. The standard InChI is InChI=1S/C15H22ClFN2O/c16-10-13(20)11-18-12-5-6-15(14(17)9-12)19-7-3-1-2-4-8-19/h5-6,9,13,18,20H,1-4,7-8,10-11H2/t13-/m0/s1. The number of hydrogen-bond donors (Lipinski definition) is 2. The number of nitrogens with zero attached hydrogens (tertiary/aromatic N) is 1. The third-order valence-corrected chi connectivity index (χ3v) is 3.97. The summed E-state index contributed by atoms with van der Waals surface area (Å²) in [6.07, 6.45) is 4.09. The third kappa shape index (κ3) is 4.25. The number of aliphatic hydroxyl groups is 1. The Kier molecular flexibility index (Phi) is 5.92. The molecule has 20 heavy (non-hydrogen) atoms. The average molecular weight is 301 g/mol. The van der Waals surface area contributed by atoms with Crippen LogP contribution in [0.3, 0.4) is 0 Å². The Morgan fingerprint density at radius 3 is 2.55 bits per heavy atom. The van der Waals surface area contributed by atoms with Gasteiger partial charge in [-0.2, -0.15) is 0 Å². The Balaban J connectivity index is 2.01. The zero-order valence-corrected chi connectivity index (χ0v) is 12.4. The van der Waals surface area contributed by atoms with Crippen LogP contribution in [0.5, 0.6) is 0 Å². The van der Waals surface area contributed by atoms with Crippen molar-refractivity contribution in [2.75, 3.05) is 35.7 Å². The van der Waals surface area contributed by atoms with Gasteiger partial charge in [-0.15, -0.1) is 11.6 Å². The minimum absolute atomic E-state index is 0.168. The van der Waals surface area contributed by atoms with Gasteiger partial charge in [-0.25, -0.2) is 4.39 Å². The van der Waals surface area contributed by atoms with E-state index in [9.17, 15) is 9.50 Å². The molecule has 3 nitrogen and oxygen atoms in total. The highest BCUT2D eigenvalue weighted by Gasteiger charge is 2.14. The molecule has 112 valence electrons. The highest BCUT2D eigenvalue weighted by molar-refractivity contribution is 6.18. The van der Waals surface area contributed by atoms with Crippen LogP contribution >= 0.6 is 11.6 Å². The summed E-state index contributed by atoms with van der Waals surface area (Å²) >= 11 is 5.52. The van der Waals surface area contributed by atoms with Gasteiger partial charge in [-0.3, -0.25) is 0 Å². The Labute approximate surface area is 124 Å². The maximum Gasteiger partial charge on any atom is 0.148 e. The first-order chi connectivity index (χ1) is 9.70.